The average Bonchev–Trinajstić information content (AvgIpc) is 3.15. The van der Waals surface area contributed by atoms with Crippen LogP contribution in [0.1, 0.15) is 69.1 Å². The van der Waals surface area contributed by atoms with Gasteiger partial charge in [-0.3, -0.25) is 9.89 Å². The number of carbonyl (C=O) groups is 2. The minimum atomic E-state index is -0.630. The highest BCUT2D eigenvalue weighted by molar-refractivity contribution is 5.92. The molecule has 0 radical (unpaired) electrons. The van der Waals surface area contributed by atoms with E-state index in [9.17, 15) is 9.59 Å². The van der Waals surface area contributed by atoms with Crippen molar-refractivity contribution in [2.75, 3.05) is 17.3 Å². The zero-order chi connectivity index (χ0) is 24.6. The van der Waals surface area contributed by atoms with Crippen LogP contribution >= 0.6 is 0 Å². The molecule has 2 saturated heterocycles. The summed E-state index contributed by atoms with van der Waals surface area (Å²) in [6, 6.07) is 3.65. The smallest absolute Gasteiger partial charge is 0.410 e. The van der Waals surface area contributed by atoms with Crippen molar-refractivity contribution in [3.63, 3.8) is 0 Å². The molecule has 0 spiro atoms. The highest BCUT2D eigenvalue weighted by Crippen LogP contribution is 2.37. The summed E-state index contributed by atoms with van der Waals surface area (Å²) in [6.07, 6.45) is 4.28. The molecule has 184 valence electrons. The second-order valence-electron chi connectivity index (χ2n) is 10.2. The van der Waals surface area contributed by atoms with E-state index in [2.05, 4.69) is 25.5 Å². The van der Waals surface area contributed by atoms with Crippen LogP contribution < -0.4 is 16.0 Å². The summed E-state index contributed by atoms with van der Waals surface area (Å²) in [4.78, 5) is 37.8. The normalized spacial score (nSPS) is 22.3. The molecule has 4 rings (SSSR count). The molecule has 1 unspecified atom stereocenters. The van der Waals surface area contributed by atoms with Crippen LogP contribution in [0.5, 0.6) is 0 Å². The number of amides is 2. The van der Waals surface area contributed by atoms with Crippen molar-refractivity contribution in [2.24, 2.45) is 5.73 Å². The largest absolute Gasteiger partial charge is 0.444 e. The number of fused-ring (bicyclic) bond motifs is 2. The molecule has 2 fully saturated rings. The van der Waals surface area contributed by atoms with Crippen LogP contribution in [-0.2, 0) is 4.74 Å². The summed E-state index contributed by atoms with van der Waals surface area (Å²) >= 11 is 0. The topological polar surface area (TPSA) is 142 Å². The number of carbonyl (C=O) groups excluding carboxylic acids is 2. The van der Waals surface area contributed by atoms with Gasteiger partial charge in [0.25, 0.3) is 5.91 Å². The van der Waals surface area contributed by atoms with Gasteiger partial charge in [0.05, 0.1) is 0 Å². The Balaban J connectivity index is 1.55. The Bertz CT molecular complexity index is 1050. The van der Waals surface area contributed by atoms with Crippen molar-refractivity contribution < 1.29 is 14.3 Å². The molecule has 0 aliphatic carbocycles. The van der Waals surface area contributed by atoms with E-state index < -0.39 is 11.5 Å². The zero-order valence-corrected chi connectivity index (χ0v) is 20.5. The third-order valence-electron chi connectivity index (χ3n) is 6.35. The van der Waals surface area contributed by atoms with Crippen LogP contribution in [0.2, 0.25) is 0 Å². The van der Waals surface area contributed by atoms with Gasteiger partial charge in [-0.25, -0.2) is 9.78 Å². The molecule has 2 amide bonds. The Morgan fingerprint density at radius 3 is 2.41 bits per heavy atom. The van der Waals surface area contributed by atoms with Crippen molar-refractivity contribution in [2.45, 2.75) is 83.5 Å². The number of piperidine rings is 2. The van der Waals surface area contributed by atoms with E-state index in [1.165, 1.54) is 6.07 Å². The number of rotatable bonds is 5. The minimum absolute atomic E-state index is 0.0961. The van der Waals surface area contributed by atoms with E-state index in [0.29, 0.717) is 17.6 Å². The number of ether oxygens (including phenoxy) is 1. The summed E-state index contributed by atoms with van der Waals surface area (Å²) in [7, 11) is 1.92. The molecule has 4 N–H and O–H groups in total. The molecule has 0 saturated carbocycles. The first-order valence-corrected chi connectivity index (χ1v) is 11.7. The highest BCUT2D eigenvalue weighted by atomic mass is 16.6. The number of primary amides is 1. The molecular formula is C23H34N8O3. The lowest BCUT2D eigenvalue weighted by molar-refractivity contribution is -0.0214. The number of nitrogens with zero attached hydrogens (tertiary/aromatic N) is 5. The van der Waals surface area contributed by atoms with Crippen LogP contribution in [0.3, 0.4) is 0 Å². The second-order valence-corrected chi connectivity index (χ2v) is 10.2. The van der Waals surface area contributed by atoms with Gasteiger partial charge < -0.3 is 25.6 Å². The number of H-pyrrole nitrogens is 1. The van der Waals surface area contributed by atoms with E-state index in [4.69, 9.17) is 10.5 Å². The van der Waals surface area contributed by atoms with E-state index in [-0.39, 0.29) is 29.9 Å². The number of hydrogen-bond donors (Lipinski definition) is 3. The van der Waals surface area contributed by atoms with E-state index in [0.717, 1.165) is 37.8 Å². The number of anilines is 3. The van der Waals surface area contributed by atoms with E-state index in [1.807, 2.05) is 50.6 Å². The Kier molecular flexibility index (Phi) is 6.37. The summed E-state index contributed by atoms with van der Waals surface area (Å²) in [5, 5.41) is 10.1. The van der Waals surface area contributed by atoms with Gasteiger partial charge in [-0.1, -0.05) is 0 Å². The van der Waals surface area contributed by atoms with Gasteiger partial charge in [-0.05, 0) is 59.8 Å². The third kappa shape index (κ3) is 5.23. The minimum Gasteiger partial charge on any atom is -0.444 e. The summed E-state index contributed by atoms with van der Waals surface area (Å²) in [5.74, 6) is 0.790. The van der Waals surface area contributed by atoms with Crippen LogP contribution in [0.15, 0.2) is 12.1 Å². The number of nitrogens with one attached hydrogen (secondary N) is 2. The van der Waals surface area contributed by atoms with Gasteiger partial charge in [0, 0.05) is 43.0 Å². The molecule has 2 aliphatic heterocycles. The molecule has 2 aliphatic rings. The fourth-order valence-electron chi connectivity index (χ4n) is 4.84. The van der Waals surface area contributed by atoms with Crippen molar-refractivity contribution in [3.05, 3.63) is 23.5 Å². The number of aryl methyl sites for hydroxylation is 1. The van der Waals surface area contributed by atoms with Crippen molar-refractivity contribution in [1.82, 2.24) is 25.1 Å². The standard InChI is InChI=1S/C23H34N8O3/c1-13-9-19(29-28-13)26-18-12-17(20(24)32)25-21(27-18)30(5)16-10-14-7-6-8-15(11-16)31(14)22(33)34-23(2,3)4/h9,12,14-16H,6-8,10-11H2,1-5H3,(H2,24,32)(H2,25,26,27,28,29)/t14-,15+,16?. The number of hydrogen-bond acceptors (Lipinski definition) is 8. The molecule has 2 bridgehead atoms. The Hall–Kier alpha value is -3.37. The zero-order valence-electron chi connectivity index (χ0n) is 20.5. The van der Waals surface area contributed by atoms with Gasteiger partial charge >= 0.3 is 6.09 Å². The fourth-order valence-corrected chi connectivity index (χ4v) is 4.84. The number of aromatic nitrogens is 4. The van der Waals surface area contributed by atoms with Gasteiger partial charge in [0.15, 0.2) is 5.82 Å². The van der Waals surface area contributed by atoms with Crippen molar-refractivity contribution in [3.8, 4) is 0 Å². The summed E-state index contributed by atoms with van der Waals surface area (Å²) < 4.78 is 5.69. The maximum absolute atomic E-state index is 12.9. The van der Waals surface area contributed by atoms with Crippen LogP contribution in [0.25, 0.3) is 0 Å². The Morgan fingerprint density at radius 1 is 1.18 bits per heavy atom. The third-order valence-corrected chi connectivity index (χ3v) is 6.35. The lowest BCUT2D eigenvalue weighted by Gasteiger charge is -2.50. The molecule has 11 nitrogen and oxygen atoms in total. The molecule has 3 atom stereocenters. The Morgan fingerprint density at radius 2 is 1.85 bits per heavy atom. The maximum Gasteiger partial charge on any atom is 0.410 e. The predicted octanol–water partition coefficient (Wildman–Crippen LogP) is 3.11. The first-order chi connectivity index (χ1) is 16.0. The van der Waals surface area contributed by atoms with E-state index in [1.54, 1.807) is 0 Å². The maximum atomic E-state index is 12.9. The highest BCUT2D eigenvalue weighted by Gasteiger charge is 2.44. The molecule has 4 heterocycles. The van der Waals surface area contributed by atoms with Crippen LogP contribution in [-0.4, -0.2) is 67.8 Å². The first-order valence-electron chi connectivity index (χ1n) is 11.7. The lowest BCUT2D eigenvalue weighted by atomic mass is 9.81. The SMILES string of the molecule is Cc1cc(Nc2cc(C(N)=O)nc(N(C)C3C[C@H]4CCC[C@@H](C3)N4C(=O)OC(C)(C)C)n2)n[nH]1. The number of nitrogens with two attached hydrogens (primary N) is 1. The lowest BCUT2D eigenvalue weighted by Crippen LogP contribution is -2.59. The van der Waals surface area contributed by atoms with Gasteiger partial charge in [0.2, 0.25) is 5.95 Å². The predicted molar refractivity (Wildman–Crippen MR) is 128 cm³/mol. The van der Waals surface area contributed by atoms with Gasteiger partial charge in [-0.15, -0.1) is 0 Å². The van der Waals surface area contributed by atoms with Crippen LogP contribution in [0.4, 0.5) is 22.4 Å². The van der Waals surface area contributed by atoms with Gasteiger partial charge in [-0.2, -0.15) is 10.1 Å². The van der Waals surface area contributed by atoms with Crippen LogP contribution in [0, 0.1) is 6.92 Å². The summed E-state index contributed by atoms with van der Waals surface area (Å²) in [5.41, 5.74) is 6.04. The monoisotopic (exact) mass is 470 g/mol. The molecule has 0 aromatic carbocycles. The van der Waals surface area contributed by atoms with Crippen molar-refractivity contribution >= 4 is 29.6 Å². The second kappa shape index (κ2) is 9.11. The molecule has 11 heteroatoms. The van der Waals surface area contributed by atoms with Gasteiger partial charge in [0.1, 0.15) is 17.1 Å². The molecule has 2 aromatic heterocycles. The quantitative estimate of drug-likeness (QED) is 0.605. The average molecular weight is 471 g/mol. The van der Waals surface area contributed by atoms with Crippen molar-refractivity contribution in [1.29, 1.82) is 0 Å². The first kappa shape index (κ1) is 23.8. The summed E-state index contributed by atoms with van der Waals surface area (Å²) in [6.45, 7) is 7.56. The van der Waals surface area contributed by atoms with E-state index >= 15 is 0 Å². The fraction of sp³-hybridized carbons (Fsp3) is 0.609. The number of aromatic amines is 1. The Labute approximate surface area is 199 Å². The molecule has 2 aromatic rings. The molecule has 34 heavy (non-hydrogen) atoms. The molecular weight excluding hydrogens is 436 g/mol.